The molecule has 5 nitrogen and oxygen atoms in total. The van der Waals surface area contributed by atoms with Crippen molar-refractivity contribution in [3.05, 3.63) is 30.1 Å². The summed E-state index contributed by atoms with van der Waals surface area (Å²) >= 11 is 0. The highest BCUT2D eigenvalue weighted by Gasteiger charge is 2.55. The molecular weight excluding hydrogens is 242 g/mol. The highest BCUT2D eigenvalue weighted by molar-refractivity contribution is 5.23. The fraction of sp³-hybridized carbons (Fsp3) is 0.643. The highest BCUT2D eigenvalue weighted by atomic mass is 16.3. The second-order valence-electron chi connectivity index (χ2n) is 5.87. The summed E-state index contributed by atoms with van der Waals surface area (Å²) in [5, 5.41) is 23.0. The minimum Gasteiger partial charge on any atom is -0.394 e. The molecule has 0 bridgehead atoms. The molecule has 5 heteroatoms. The van der Waals surface area contributed by atoms with Crippen molar-refractivity contribution in [3.8, 4) is 0 Å². The van der Waals surface area contributed by atoms with Gasteiger partial charge in [-0.25, -0.2) is 0 Å². The molecule has 2 aliphatic rings. The van der Waals surface area contributed by atoms with E-state index >= 15 is 0 Å². The Kier molecular flexibility index (Phi) is 3.30. The summed E-state index contributed by atoms with van der Waals surface area (Å²) in [6.45, 7) is 1.83. The van der Waals surface area contributed by atoms with Crippen LogP contribution in [0.3, 0.4) is 0 Å². The summed E-state index contributed by atoms with van der Waals surface area (Å²) in [7, 11) is 2.10. The number of pyridine rings is 1. The standard InChI is InChI=1S/C14H21N3O2/c1-17-6-11-12(7-17)14(8-18,9-19)16-13(11)10-3-2-4-15-5-10/h2-5,11-13,16,18-19H,6-9H2,1H3/t11-,12+,13-/m1/s1. The molecule has 2 fully saturated rings. The molecule has 0 aromatic carbocycles. The predicted octanol–water partition coefficient (Wildman–Crippen LogP) is -0.373. The van der Waals surface area contributed by atoms with E-state index < -0.39 is 5.54 Å². The molecule has 2 aliphatic heterocycles. The largest absolute Gasteiger partial charge is 0.394 e. The van der Waals surface area contributed by atoms with Crippen LogP contribution in [-0.2, 0) is 0 Å². The number of aliphatic hydroxyl groups excluding tert-OH is 2. The van der Waals surface area contributed by atoms with Crippen LogP contribution >= 0.6 is 0 Å². The molecule has 3 N–H and O–H groups in total. The van der Waals surface area contributed by atoms with E-state index in [2.05, 4.69) is 28.3 Å². The van der Waals surface area contributed by atoms with Crippen molar-refractivity contribution in [1.82, 2.24) is 15.2 Å². The van der Waals surface area contributed by atoms with E-state index in [0.717, 1.165) is 18.7 Å². The third-order valence-electron chi connectivity index (χ3n) is 4.74. The Morgan fingerprint density at radius 1 is 1.42 bits per heavy atom. The molecule has 0 spiro atoms. The molecule has 1 aromatic heterocycles. The van der Waals surface area contributed by atoms with E-state index in [1.54, 1.807) is 6.20 Å². The normalized spacial score (nSPS) is 33.5. The molecule has 0 saturated carbocycles. The number of likely N-dealkylation sites (tertiary alicyclic amines) is 1. The molecule has 2 saturated heterocycles. The molecule has 1 aromatic rings. The number of hydrogen-bond donors (Lipinski definition) is 3. The number of nitrogens with one attached hydrogen (secondary N) is 1. The van der Waals surface area contributed by atoms with Crippen molar-refractivity contribution in [3.63, 3.8) is 0 Å². The average molecular weight is 263 g/mol. The quantitative estimate of drug-likeness (QED) is 0.694. The summed E-state index contributed by atoms with van der Waals surface area (Å²) in [6, 6.07) is 4.15. The number of rotatable bonds is 3. The van der Waals surface area contributed by atoms with Crippen molar-refractivity contribution >= 4 is 0 Å². The Balaban J connectivity index is 1.95. The van der Waals surface area contributed by atoms with Crippen LogP contribution in [0, 0.1) is 11.8 Å². The van der Waals surface area contributed by atoms with Crippen molar-refractivity contribution in [2.24, 2.45) is 11.8 Å². The lowest BCUT2D eigenvalue weighted by Crippen LogP contribution is -2.53. The van der Waals surface area contributed by atoms with E-state index in [1.807, 2.05) is 12.3 Å². The molecule has 0 unspecified atom stereocenters. The second kappa shape index (κ2) is 4.83. The minimum absolute atomic E-state index is 0.0325. The van der Waals surface area contributed by atoms with E-state index in [1.165, 1.54) is 0 Å². The van der Waals surface area contributed by atoms with Gasteiger partial charge in [-0.05, 0) is 24.6 Å². The Hall–Kier alpha value is -1.01. The lowest BCUT2D eigenvalue weighted by molar-refractivity contribution is 0.0677. The fourth-order valence-electron chi connectivity index (χ4n) is 3.75. The van der Waals surface area contributed by atoms with Crippen LogP contribution in [0.4, 0.5) is 0 Å². The first-order valence-electron chi connectivity index (χ1n) is 6.78. The van der Waals surface area contributed by atoms with Gasteiger partial charge in [0.25, 0.3) is 0 Å². The van der Waals surface area contributed by atoms with E-state index in [-0.39, 0.29) is 25.2 Å². The molecule has 19 heavy (non-hydrogen) atoms. The highest BCUT2D eigenvalue weighted by Crippen LogP contribution is 2.46. The van der Waals surface area contributed by atoms with E-state index in [4.69, 9.17) is 0 Å². The molecule has 3 atom stereocenters. The number of fused-ring (bicyclic) bond motifs is 1. The first kappa shape index (κ1) is 13.0. The first-order chi connectivity index (χ1) is 9.20. The maximum atomic E-state index is 9.76. The van der Waals surface area contributed by atoms with Gasteiger partial charge in [-0.15, -0.1) is 0 Å². The third-order valence-corrected chi connectivity index (χ3v) is 4.74. The van der Waals surface area contributed by atoms with Gasteiger partial charge in [-0.3, -0.25) is 10.3 Å². The van der Waals surface area contributed by atoms with Crippen LogP contribution in [-0.4, -0.2) is 59.0 Å². The Morgan fingerprint density at radius 3 is 2.84 bits per heavy atom. The van der Waals surface area contributed by atoms with Crippen LogP contribution in [0.1, 0.15) is 11.6 Å². The summed E-state index contributed by atoms with van der Waals surface area (Å²) in [5.74, 6) is 0.686. The first-order valence-corrected chi connectivity index (χ1v) is 6.78. The van der Waals surface area contributed by atoms with Crippen LogP contribution in [0.15, 0.2) is 24.5 Å². The maximum absolute atomic E-state index is 9.76. The van der Waals surface area contributed by atoms with Gasteiger partial charge < -0.3 is 15.1 Å². The van der Waals surface area contributed by atoms with Crippen molar-refractivity contribution in [2.75, 3.05) is 33.4 Å². The molecule has 0 radical (unpaired) electrons. The third kappa shape index (κ3) is 1.97. The summed E-state index contributed by atoms with van der Waals surface area (Å²) in [6.07, 6.45) is 3.64. The monoisotopic (exact) mass is 263 g/mol. The predicted molar refractivity (Wildman–Crippen MR) is 71.5 cm³/mol. The van der Waals surface area contributed by atoms with Gasteiger partial charge in [-0.1, -0.05) is 6.07 Å². The summed E-state index contributed by atoms with van der Waals surface area (Å²) < 4.78 is 0. The van der Waals surface area contributed by atoms with Crippen molar-refractivity contribution in [2.45, 2.75) is 11.6 Å². The van der Waals surface area contributed by atoms with Crippen molar-refractivity contribution in [1.29, 1.82) is 0 Å². The molecule has 0 aliphatic carbocycles. The Labute approximate surface area is 113 Å². The van der Waals surface area contributed by atoms with Gasteiger partial charge >= 0.3 is 0 Å². The smallest absolute Gasteiger partial charge is 0.0697 e. The van der Waals surface area contributed by atoms with Crippen LogP contribution < -0.4 is 5.32 Å². The van der Waals surface area contributed by atoms with E-state index in [0.29, 0.717) is 5.92 Å². The van der Waals surface area contributed by atoms with E-state index in [9.17, 15) is 10.2 Å². The van der Waals surface area contributed by atoms with Gasteiger partial charge in [0.05, 0.1) is 18.8 Å². The number of aromatic nitrogens is 1. The Bertz CT molecular complexity index is 436. The maximum Gasteiger partial charge on any atom is 0.0697 e. The van der Waals surface area contributed by atoms with Gasteiger partial charge in [-0.2, -0.15) is 0 Å². The zero-order chi connectivity index (χ0) is 13.5. The minimum atomic E-state index is -0.573. The lowest BCUT2D eigenvalue weighted by atomic mass is 9.81. The number of aliphatic hydroxyl groups is 2. The SMILES string of the molecule is CN1C[C@H]2[C@@H](c3cccnc3)NC(CO)(CO)[C@H]2C1. The summed E-state index contributed by atoms with van der Waals surface area (Å²) in [5.41, 5.74) is 0.562. The Morgan fingerprint density at radius 2 is 2.21 bits per heavy atom. The molecule has 3 rings (SSSR count). The van der Waals surface area contributed by atoms with Gasteiger partial charge in [0, 0.05) is 37.4 Å². The topological polar surface area (TPSA) is 68.6 Å². The molecule has 3 heterocycles. The van der Waals surface area contributed by atoms with Gasteiger partial charge in [0.1, 0.15) is 0 Å². The van der Waals surface area contributed by atoms with Gasteiger partial charge in [0.2, 0.25) is 0 Å². The summed E-state index contributed by atoms with van der Waals surface area (Å²) in [4.78, 5) is 6.46. The molecule has 0 amide bonds. The zero-order valence-electron chi connectivity index (χ0n) is 11.2. The zero-order valence-corrected chi connectivity index (χ0v) is 11.2. The fourth-order valence-corrected chi connectivity index (χ4v) is 3.75. The van der Waals surface area contributed by atoms with Crippen molar-refractivity contribution < 1.29 is 10.2 Å². The van der Waals surface area contributed by atoms with Gasteiger partial charge in [0.15, 0.2) is 0 Å². The average Bonchev–Trinajstić information content (AvgIpc) is 2.96. The second-order valence-corrected chi connectivity index (χ2v) is 5.87. The molecular formula is C14H21N3O2. The lowest BCUT2D eigenvalue weighted by Gasteiger charge is -2.32. The van der Waals surface area contributed by atoms with Crippen LogP contribution in [0.2, 0.25) is 0 Å². The molecule has 104 valence electrons. The number of hydrogen-bond acceptors (Lipinski definition) is 5. The van der Waals surface area contributed by atoms with Crippen LogP contribution in [0.5, 0.6) is 0 Å². The van der Waals surface area contributed by atoms with Crippen LogP contribution in [0.25, 0.3) is 0 Å². The number of nitrogens with zero attached hydrogens (tertiary/aromatic N) is 2.